The Morgan fingerprint density at radius 1 is 1.19 bits per heavy atom. The van der Waals surface area contributed by atoms with E-state index in [2.05, 4.69) is 12.1 Å². The second-order valence-corrected chi connectivity index (χ2v) is 6.60. The van der Waals surface area contributed by atoms with Crippen molar-refractivity contribution in [1.29, 1.82) is 0 Å². The molecule has 3 aromatic rings. The van der Waals surface area contributed by atoms with Gasteiger partial charge in [0, 0.05) is 22.0 Å². The van der Waals surface area contributed by atoms with Gasteiger partial charge in [-0.05, 0) is 30.2 Å². The van der Waals surface area contributed by atoms with Gasteiger partial charge in [0.05, 0.1) is 0 Å². The van der Waals surface area contributed by atoms with Crippen molar-refractivity contribution in [3.05, 3.63) is 65.4 Å². The second-order valence-electron chi connectivity index (χ2n) is 5.54. The Morgan fingerprint density at radius 3 is 2.90 bits per heavy atom. The molecule has 106 valence electrons. The first-order chi connectivity index (χ1) is 10.2. The van der Waals surface area contributed by atoms with Crippen LogP contribution in [0.3, 0.4) is 0 Å². The maximum Gasteiger partial charge on any atom is 0.137 e. The van der Waals surface area contributed by atoms with Gasteiger partial charge in [0.15, 0.2) is 0 Å². The van der Waals surface area contributed by atoms with E-state index in [0.717, 1.165) is 22.3 Å². The third-order valence-corrected chi connectivity index (χ3v) is 5.38. The quantitative estimate of drug-likeness (QED) is 0.746. The molecule has 2 atom stereocenters. The minimum absolute atomic E-state index is 0.104. The number of benzene rings is 2. The number of hydrogen-bond acceptors (Lipinski definition) is 3. The van der Waals surface area contributed by atoms with Crippen LogP contribution in [-0.2, 0) is 0 Å². The van der Waals surface area contributed by atoms with E-state index in [1.165, 1.54) is 10.5 Å². The van der Waals surface area contributed by atoms with E-state index in [0.29, 0.717) is 5.76 Å². The minimum Gasteiger partial charge on any atom is -0.458 e. The highest BCUT2D eigenvalue weighted by atomic mass is 32.2. The summed E-state index contributed by atoms with van der Waals surface area (Å²) in [4.78, 5) is 1.27. The van der Waals surface area contributed by atoms with Crippen molar-refractivity contribution in [3.8, 4) is 0 Å². The van der Waals surface area contributed by atoms with Crippen LogP contribution in [-0.4, -0.2) is 10.9 Å². The summed E-state index contributed by atoms with van der Waals surface area (Å²) < 4.78 is 5.93. The zero-order valence-electron chi connectivity index (χ0n) is 11.7. The van der Waals surface area contributed by atoms with Crippen molar-refractivity contribution in [3.63, 3.8) is 0 Å². The molecule has 2 nitrogen and oxygen atoms in total. The number of para-hydroxylation sites is 1. The molecule has 0 fully saturated rings. The van der Waals surface area contributed by atoms with Crippen LogP contribution >= 0.6 is 11.8 Å². The fraction of sp³-hybridized carbons (Fsp3) is 0.222. The van der Waals surface area contributed by atoms with Crippen LogP contribution in [0.5, 0.6) is 0 Å². The molecule has 1 aliphatic rings. The van der Waals surface area contributed by atoms with Gasteiger partial charge in [-0.15, -0.1) is 11.8 Å². The molecule has 0 aliphatic carbocycles. The van der Waals surface area contributed by atoms with Gasteiger partial charge in [-0.1, -0.05) is 36.4 Å². The molecule has 0 bridgehead atoms. The number of rotatable bonds is 2. The summed E-state index contributed by atoms with van der Waals surface area (Å²) in [6, 6.07) is 16.4. The lowest BCUT2D eigenvalue weighted by Crippen LogP contribution is -2.09. The van der Waals surface area contributed by atoms with Crippen LogP contribution < -0.4 is 0 Å². The Morgan fingerprint density at radius 2 is 2.05 bits per heavy atom. The van der Waals surface area contributed by atoms with Crippen molar-refractivity contribution < 1.29 is 9.52 Å². The van der Waals surface area contributed by atoms with E-state index in [1.807, 2.05) is 55.1 Å². The largest absolute Gasteiger partial charge is 0.458 e. The van der Waals surface area contributed by atoms with E-state index in [4.69, 9.17) is 4.42 Å². The molecule has 21 heavy (non-hydrogen) atoms. The van der Waals surface area contributed by atoms with Gasteiger partial charge < -0.3 is 9.52 Å². The fourth-order valence-corrected chi connectivity index (χ4v) is 4.30. The summed E-state index contributed by atoms with van der Waals surface area (Å²) in [6.07, 6.45) is -0.590. The lowest BCUT2D eigenvalue weighted by Gasteiger charge is -2.16. The van der Waals surface area contributed by atoms with Crippen LogP contribution in [0.25, 0.3) is 11.0 Å². The topological polar surface area (TPSA) is 33.4 Å². The first-order valence-corrected chi connectivity index (χ1v) is 8.11. The zero-order valence-corrected chi connectivity index (χ0v) is 12.6. The molecule has 0 radical (unpaired) electrons. The van der Waals surface area contributed by atoms with Crippen LogP contribution in [0.2, 0.25) is 0 Å². The van der Waals surface area contributed by atoms with Crippen molar-refractivity contribution in [2.24, 2.45) is 0 Å². The molecule has 0 saturated heterocycles. The lowest BCUT2D eigenvalue weighted by molar-refractivity contribution is 0.129. The first kappa shape index (κ1) is 13.0. The van der Waals surface area contributed by atoms with Crippen molar-refractivity contribution in [1.82, 2.24) is 0 Å². The van der Waals surface area contributed by atoms with Crippen LogP contribution in [0.4, 0.5) is 0 Å². The Bertz CT molecular complexity index is 806. The number of furan rings is 1. The highest BCUT2D eigenvalue weighted by molar-refractivity contribution is 7.99. The lowest BCUT2D eigenvalue weighted by atomic mass is 9.94. The Balaban J connectivity index is 1.74. The van der Waals surface area contributed by atoms with Gasteiger partial charge in [0.1, 0.15) is 17.4 Å². The normalized spacial score (nSPS) is 18.9. The Labute approximate surface area is 127 Å². The van der Waals surface area contributed by atoms with Gasteiger partial charge in [-0.25, -0.2) is 0 Å². The molecule has 4 rings (SSSR count). The number of aryl methyl sites for hydroxylation is 1. The van der Waals surface area contributed by atoms with Gasteiger partial charge in [0.2, 0.25) is 0 Å². The Kier molecular flexibility index (Phi) is 3.05. The molecule has 1 aromatic heterocycles. The van der Waals surface area contributed by atoms with Crippen molar-refractivity contribution in [2.45, 2.75) is 23.8 Å². The third-order valence-electron chi connectivity index (χ3n) is 4.17. The first-order valence-electron chi connectivity index (χ1n) is 7.13. The predicted molar refractivity (Wildman–Crippen MR) is 85.8 cm³/mol. The van der Waals surface area contributed by atoms with Crippen LogP contribution in [0, 0.1) is 6.92 Å². The molecular formula is C18H16O2S. The maximum atomic E-state index is 10.8. The summed E-state index contributed by atoms with van der Waals surface area (Å²) in [6.45, 7) is 2.03. The highest BCUT2D eigenvalue weighted by Gasteiger charge is 2.31. The summed E-state index contributed by atoms with van der Waals surface area (Å²) in [5.41, 5.74) is 3.21. The number of aliphatic hydroxyl groups excluding tert-OH is 1. The number of fused-ring (bicyclic) bond motifs is 2. The molecule has 1 N–H and O–H groups in total. The van der Waals surface area contributed by atoms with Crippen molar-refractivity contribution in [2.75, 3.05) is 5.75 Å². The smallest absolute Gasteiger partial charge is 0.137 e. The molecule has 2 heterocycles. The summed E-state index contributed by atoms with van der Waals surface area (Å²) in [5, 5.41) is 11.8. The number of hydrogen-bond donors (Lipinski definition) is 1. The van der Waals surface area contributed by atoms with E-state index in [-0.39, 0.29) is 5.92 Å². The average Bonchev–Trinajstić information content (AvgIpc) is 3.11. The summed E-state index contributed by atoms with van der Waals surface area (Å²) in [7, 11) is 0. The van der Waals surface area contributed by atoms with Crippen molar-refractivity contribution >= 4 is 22.7 Å². The average molecular weight is 296 g/mol. The number of thioether (sulfide) groups is 1. The Hall–Kier alpha value is -1.71. The van der Waals surface area contributed by atoms with E-state index in [1.54, 1.807) is 0 Å². The van der Waals surface area contributed by atoms with Gasteiger partial charge in [-0.3, -0.25) is 0 Å². The molecular weight excluding hydrogens is 280 g/mol. The maximum absolute atomic E-state index is 10.8. The number of aliphatic hydroxyl groups is 1. The van der Waals surface area contributed by atoms with Gasteiger partial charge in [-0.2, -0.15) is 0 Å². The molecule has 0 spiro atoms. The molecule has 0 saturated carbocycles. The summed E-state index contributed by atoms with van der Waals surface area (Å²) >= 11 is 1.81. The molecule has 3 heteroatoms. The molecule has 2 unspecified atom stereocenters. The SMILES string of the molecule is Cc1cccc2cc(C(O)C3CSc4ccccc43)oc12. The summed E-state index contributed by atoms with van der Waals surface area (Å²) in [5.74, 6) is 1.67. The molecule has 2 aromatic carbocycles. The predicted octanol–water partition coefficient (Wildman–Crippen LogP) is 4.66. The highest BCUT2D eigenvalue weighted by Crippen LogP contribution is 2.46. The van der Waals surface area contributed by atoms with Crippen LogP contribution in [0.15, 0.2) is 57.8 Å². The molecule has 1 aliphatic heterocycles. The van der Waals surface area contributed by atoms with Gasteiger partial charge >= 0.3 is 0 Å². The minimum atomic E-state index is -0.590. The van der Waals surface area contributed by atoms with Crippen LogP contribution in [0.1, 0.15) is 28.9 Å². The zero-order chi connectivity index (χ0) is 14.4. The van der Waals surface area contributed by atoms with E-state index in [9.17, 15) is 5.11 Å². The standard InChI is InChI=1S/C18H16O2S/c1-11-5-4-6-12-9-15(20-18(11)12)17(19)14-10-21-16-8-3-2-7-13(14)16/h2-9,14,17,19H,10H2,1H3. The third kappa shape index (κ3) is 2.08. The second kappa shape index (κ2) is 4.93. The van der Waals surface area contributed by atoms with E-state index >= 15 is 0 Å². The molecule has 0 amide bonds. The monoisotopic (exact) mass is 296 g/mol. The van der Waals surface area contributed by atoms with E-state index < -0.39 is 6.10 Å². The van der Waals surface area contributed by atoms with Gasteiger partial charge in [0.25, 0.3) is 0 Å². The fourth-order valence-electron chi connectivity index (χ4n) is 3.02.